The predicted molar refractivity (Wildman–Crippen MR) is 51.6 cm³/mol. The highest BCUT2D eigenvalue weighted by Crippen LogP contribution is 2.21. The minimum atomic E-state index is 0.779. The zero-order valence-electron chi connectivity index (χ0n) is 7.42. The average molecular weight is 172 g/mol. The highest BCUT2D eigenvalue weighted by atomic mass is 32.1. The smallest absolute Gasteiger partial charge is 0.168 e. The quantitative estimate of drug-likeness (QED) is 0.550. The van der Waals surface area contributed by atoms with Crippen molar-refractivity contribution in [3.63, 3.8) is 0 Å². The second-order valence-corrected chi connectivity index (χ2v) is 3.80. The molecule has 1 aliphatic heterocycles. The van der Waals surface area contributed by atoms with Crippen molar-refractivity contribution in [3.05, 3.63) is 0 Å². The number of rotatable bonds is 0. The average Bonchev–Trinajstić information content (AvgIpc) is 2.31. The summed E-state index contributed by atoms with van der Waals surface area (Å²) >= 11 is 5.14. The van der Waals surface area contributed by atoms with Crippen LogP contribution in [0.3, 0.4) is 0 Å². The van der Waals surface area contributed by atoms with Crippen molar-refractivity contribution < 1.29 is 0 Å². The van der Waals surface area contributed by atoms with E-state index in [0.717, 1.165) is 30.0 Å². The third kappa shape index (κ3) is 1.83. The number of nitrogens with zero attached hydrogens (tertiary/aromatic N) is 1. The molecule has 1 aliphatic rings. The third-order valence-corrected chi connectivity index (χ3v) is 2.95. The lowest BCUT2D eigenvalue weighted by Gasteiger charge is -2.17. The fourth-order valence-corrected chi connectivity index (χ4v) is 1.60. The molecule has 0 aromatic rings. The van der Waals surface area contributed by atoms with Crippen molar-refractivity contribution in [2.75, 3.05) is 20.1 Å². The predicted octanol–water partition coefficient (Wildman–Crippen LogP) is 1.08. The minimum absolute atomic E-state index is 0.779. The van der Waals surface area contributed by atoms with E-state index in [2.05, 4.69) is 24.1 Å². The Balaban J connectivity index is 2.46. The van der Waals surface area contributed by atoms with Crippen LogP contribution in [0.1, 0.15) is 13.8 Å². The first-order valence-corrected chi connectivity index (χ1v) is 4.52. The Hall–Kier alpha value is -0.310. The fourth-order valence-electron chi connectivity index (χ4n) is 1.45. The summed E-state index contributed by atoms with van der Waals surface area (Å²) in [4.78, 5) is 2.24. The van der Waals surface area contributed by atoms with Crippen molar-refractivity contribution in [2.45, 2.75) is 13.8 Å². The molecule has 0 amide bonds. The molecule has 3 heteroatoms. The Labute approximate surface area is 74.0 Å². The lowest BCUT2D eigenvalue weighted by Crippen LogP contribution is -2.36. The maximum atomic E-state index is 5.14. The van der Waals surface area contributed by atoms with Crippen LogP contribution < -0.4 is 5.32 Å². The van der Waals surface area contributed by atoms with Crippen LogP contribution in [0.15, 0.2) is 0 Å². The highest BCUT2D eigenvalue weighted by Gasteiger charge is 2.26. The molecule has 1 fully saturated rings. The van der Waals surface area contributed by atoms with Gasteiger partial charge >= 0.3 is 0 Å². The van der Waals surface area contributed by atoms with E-state index >= 15 is 0 Å². The molecule has 1 N–H and O–H groups in total. The second kappa shape index (κ2) is 3.39. The van der Waals surface area contributed by atoms with Crippen molar-refractivity contribution in [1.82, 2.24) is 10.2 Å². The first-order chi connectivity index (χ1) is 5.15. The molecule has 11 heavy (non-hydrogen) atoms. The summed E-state index contributed by atoms with van der Waals surface area (Å²) in [5, 5.41) is 3.90. The molecule has 2 atom stereocenters. The Bertz CT molecular complexity index is 148. The SMILES string of the molecule is CNC(=S)N1CC(C)C(C)C1. The summed E-state index contributed by atoms with van der Waals surface area (Å²) < 4.78 is 0. The number of hydrogen-bond donors (Lipinski definition) is 1. The molecular weight excluding hydrogens is 156 g/mol. The van der Waals surface area contributed by atoms with Gasteiger partial charge in [-0.15, -0.1) is 0 Å². The molecule has 0 aliphatic carbocycles. The molecule has 2 nitrogen and oxygen atoms in total. The molecule has 0 bridgehead atoms. The van der Waals surface area contributed by atoms with Gasteiger partial charge in [0, 0.05) is 20.1 Å². The van der Waals surface area contributed by atoms with Crippen LogP contribution in [-0.2, 0) is 0 Å². The minimum Gasteiger partial charge on any atom is -0.366 e. The molecule has 0 saturated carbocycles. The van der Waals surface area contributed by atoms with Crippen LogP contribution in [0.5, 0.6) is 0 Å². The van der Waals surface area contributed by atoms with E-state index in [1.807, 2.05) is 7.05 Å². The van der Waals surface area contributed by atoms with E-state index in [4.69, 9.17) is 12.2 Å². The molecule has 2 unspecified atom stereocenters. The van der Waals surface area contributed by atoms with E-state index in [0.29, 0.717) is 0 Å². The number of likely N-dealkylation sites (tertiary alicyclic amines) is 1. The van der Waals surface area contributed by atoms with E-state index in [1.165, 1.54) is 0 Å². The zero-order valence-corrected chi connectivity index (χ0v) is 8.24. The van der Waals surface area contributed by atoms with Crippen molar-refractivity contribution in [2.24, 2.45) is 11.8 Å². The lowest BCUT2D eigenvalue weighted by atomic mass is 10.0. The van der Waals surface area contributed by atoms with E-state index in [9.17, 15) is 0 Å². The van der Waals surface area contributed by atoms with Crippen LogP contribution >= 0.6 is 12.2 Å². The van der Waals surface area contributed by atoms with Gasteiger partial charge < -0.3 is 10.2 Å². The van der Waals surface area contributed by atoms with Gasteiger partial charge in [0.05, 0.1) is 0 Å². The van der Waals surface area contributed by atoms with Gasteiger partial charge in [0.1, 0.15) is 0 Å². The third-order valence-electron chi connectivity index (χ3n) is 2.49. The Kier molecular flexibility index (Phi) is 2.71. The molecule has 0 aromatic heterocycles. The van der Waals surface area contributed by atoms with Gasteiger partial charge in [-0.1, -0.05) is 13.8 Å². The van der Waals surface area contributed by atoms with Gasteiger partial charge in [-0.25, -0.2) is 0 Å². The molecule has 0 aromatic carbocycles. The van der Waals surface area contributed by atoms with Crippen LogP contribution in [0, 0.1) is 11.8 Å². The maximum Gasteiger partial charge on any atom is 0.168 e. The van der Waals surface area contributed by atoms with Crippen molar-refractivity contribution >= 4 is 17.3 Å². The normalized spacial score (nSPS) is 30.6. The topological polar surface area (TPSA) is 15.3 Å². The maximum absolute atomic E-state index is 5.14. The van der Waals surface area contributed by atoms with E-state index < -0.39 is 0 Å². The summed E-state index contributed by atoms with van der Waals surface area (Å²) in [7, 11) is 1.88. The summed E-state index contributed by atoms with van der Waals surface area (Å²) in [6, 6.07) is 0. The Morgan fingerprint density at radius 3 is 2.18 bits per heavy atom. The fraction of sp³-hybridized carbons (Fsp3) is 0.875. The molecular formula is C8H16N2S. The number of thiocarbonyl (C=S) groups is 1. The van der Waals surface area contributed by atoms with Crippen molar-refractivity contribution in [1.29, 1.82) is 0 Å². The monoisotopic (exact) mass is 172 g/mol. The summed E-state index contributed by atoms with van der Waals surface area (Å²) in [5.74, 6) is 1.56. The molecule has 0 spiro atoms. The standard InChI is InChI=1S/C8H16N2S/c1-6-4-10(5-7(6)2)8(11)9-3/h6-7H,4-5H2,1-3H3,(H,9,11). The van der Waals surface area contributed by atoms with Gasteiger partial charge in [0.2, 0.25) is 0 Å². The van der Waals surface area contributed by atoms with E-state index in [-0.39, 0.29) is 0 Å². The van der Waals surface area contributed by atoms with Crippen LogP contribution in [0.4, 0.5) is 0 Å². The molecule has 64 valence electrons. The van der Waals surface area contributed by atoms with Gasteiger partial charge in [0.15, 0.2) is 5.11 Å². The lowest BCUT2D eigenvalue weighted by molar-refractivity contribution is 0.488. The van der Waals surface area contributed by atoms with Crippen molar-refractivity contribution in [3.8, 4) is 0 Å². The second-order valence-electron chi connectivity index (χ2n) is 3.41. The summed E-state index contributed by atoms with van der Waals surface area (Å²) in [5.41, 5.74) is 0. The summed E-state index contributed by atoms with van der Waals surface area (Å²) in [6.45, 7) is 6.79. The molecule has 1 saturated heterocycles. The first kappa shape index (κ1) is 8.78. The first-order valence-electron chi connectivity index (χ1n) is 4.11. The Morgan fingerprint density at radius 2 is 1.82 bits per heavy atom. The van der Waals surface area contributed by atoms with Crippen LogP contribution in [0.25, 0.3) is 0 Å². The van der Waals surface area contributed by atoms with Crippen LogP contribution in [-0.4, -0.2) is 30.1 Å². The molecule has 0 radical (unpaired) electrons. The van der Waals surface area contributed by atoms with Gasteiger partial charge in [-0.2, -0.15) is 0 Å². The Morgan fingerprint density at radius 1 is 1.36 bits per heavy atom. The number of nitrogens with one attached hydrogen (secondary N) is 1. The van der Waals surface area contributed by atoms with Gasteiger partial charge in [0.25, 0.3) is 0 Å². The number of hydrogen-bond acceptors (Lipinski definition) is 1. The van der Waals surface area contributed by atoms with Gasteiger partial charge in [-0.05, 0) is 24.1 Å². The summed E-state index contributed by atoms with van der Waals surface area (Å²) in [6.07, 6.45) is 0. The van der Waals surface area contributed by atoms with Crippen LogP contribution in [0.2, 0.25) is 0 Å². The van der Waals surface area contributed by atoms with E-state index in [1.54, 1.807) is 0 Å². The largest absolute Gasteiger partial charge is 0.366 e. The zero-order chi connectivity index (χ0) is 8.43. The van der Waals surface area contributed by atoms with Gasteiger partial charge in [-0.3, -0.25) is 0 Å². The molecule has 1 heterocycles. The molecule has 1 rings (SSSR count). The highest BCUT2D eigenvalue weighted by molar-refractivity contribution is 7.80.